The van der Waals surface area contributed by atoms with Crippen LogP contribution >= 0.6 is 0 Å². The summed E-state index contributed by atoms with van der Waals surface area (Å²) in [5.74, 6) is -1.78. The van der Waals surface area contributed by atoms with Crippen LogP contribution in [0, 0.1) is 0 Å². The topological polar surface area (TPSA) is 116 Å². The number of benzene rings is 1. The first-order chi connectivity index (χ1) is 8.47. The number of rotatable bonds is 6. The summed E-state index contributed by atoms with van der Waals surface area (Å²) in [7, 11) is 0. The number of primary amides is 1. The van der Waals surface area contributed by atoms with Crippen LogP contribution in [0.4, 0.5) is 5.69 Å². The van der Waals surface area contributed by atoms with Crippen molar-refractivity contribution in [2.45, 2.75) is 25.9 Å². The minimum atomic E-state index is -1.10. The van der Waals surface area contributed by atoms with Crippen molar-refractivity contribution in [3.05, 3.63) is 23.8 Å². The first-order valence-corrected chi connectivity index (χ1v) is 5.55. The van der Waals surface area contributed by atoms with E-state index in [0.29, 0.717) is 12.8 Å². The third kappa shape index (κ3) is 3.13. The highest BCUT2D eigenvalue weighted by atomic mass is 16.5. The van der Waals surface area contributed by atoms with E-state index in [1.165, 1.54) is 12.1 Å². The van der Waals surface area contributed by atoms with E-state index in [1.807, 2.05) is 6.92 Å². The molecule has 1 rings (SSSR count). The van der Waals surface area contributed by atoms with Gasteiger partial charge in [-0.2, -0.15) is 0 Å². The van der Waals surface area contributed by atoms with Gasteiger partial charge in [0, 0.05) is 0 Å². The lowest BCUT2D eigenvalue weighted by atomic mass is 10.1. The van der Waals surface area contributed by atoms with Crippen molar-refractivity contribution in [3.8, 4) is 5.75 Å². The highest BCUT2D eigenvalue weighted by Crippen LogP contribution is 2.27. The van der Waals surface area contributed by atoms with E-state index >= 15 is 0 Å². The number of carboxylic acids is 1. The van der Waals surface area contributed by atoms with Crippen molar-refractivity contribution < 1.29 is 19.4 Å². The monoisotopic (exact) mass is 252 g/mol. The first kappa shape index (κ1) is 13.8. The van der Waals surface area contributed by atoms with Crippen LogP contribution < -0.4 is 16.2 Å². The van der Waals surface area contributed by atoms with Crippen molar-refractivity contribution in [3.63, 3.8) is 0 Å². The minimum Gasteiger partial charge on any atom is -0.479 e. The predicted molar refractivity (Wildman–Crippen MR) is 66.3 cm³/mol. The molecule has 1 unspecified atom stereocenters. The summed E-state index contributed by atoms with van der Waals surface area (Å²) in [6, 6.07) is 4.52. The second-order valence-corrected chi connectivity index (χ2v) is 3.82. The molecule has 0 aromatic heterocycles. The van der Waals surface area contributed by atoms with Gasteiger partial charge in [0.05, 0.1) is 11.3 Å². The fourth-order valence-corrected chi connectivity index (χ4v) is 1.52. The summed E-state index contributed by atoms with van der Waals surface area (Å²) in [5, 5.41) is 9.00. The number of amides is 1. The number of carboxylic acid groups (broad SMARTS) is 1. The Morgan fingerprint density at radius 1 is 1.44 bits per heavy atom. The summed E-state index contributed by atoms with van der Waals surface area (Å²) in [5.41, 5.74) is 11.1. The number of nitrogen functional groups attached to an aromatic ring is 1. The highest BCUT2D eigenvalue weighted by Gasteiger charge is 2.22. The smallest absolute Gasteiger partial charge is 0.344 e. The Kier molecular flexibility index (Phi) is 4.53. The van der Waals surface area contributed by atoms with Crippen LogP contribution in [0.25, 0.3) is 0 Å². The van der Waals surface area contributed by atoms with Crippen molar-refractivity contribution in [2.24, 2.45) is 5.73 Å². The minimum absolute atomic E-state index is 0.0332. The van der Waals surface area contributed by atoms with E-state index in [9.17, 15) is 9.59 Å². The third-order valence-electron chi connectivity index (χ3n) is 2.40. The number of aliphatic carboxylic acids is 1. The Bertz CT molecular complexity index is 459. The van der Waals surface area contributed by atoms with Crippen molar-refractivity contribution >= 4 is 17.6 Å². The second-order valence-electron chi connectivity index (χ2n) is 3.82. The van der Waals surface area contributed by atoms with Crippen LogP contribution in [0.2, 0.25) is 0 Å². The molecule has 5 N–H and O–H groups in total. The lowest BCUT2D eigenvalue weighted by Gasteiger charge is -2.17. The molecular weight excluding hydrogens is 236 g/mol. The molecule has 0 spiro atoms. The molecule has 0 saturated heterocycles. The number of hydrogen-bond acceptors (Lipinski definition) is 4. The van der Waals surface area contributed by atoms with E-state index in [1.54, 1.807) is 6.07 Å². The molecule has 18 heavy (non-hydrogen) atoms. The Labute approximate surface area is 105 Å². The summed E-state index contributed by atoms with van der Waals surface area (Å²) in [6.07, 6.45) is -0.0879. The Hall–Kier alpha value is -2.24. The molecule has 0 saturated carbocycles. The normalized spacial score (nSPS) is 11.8. The van der Waals surface area contributed by atoms with Gasteiger partial charge in [-0.15, -0.1) is 0 Å². The number of carbonyl (C=O) groups is 2. The SMILES string of the molecule is CCCC(Oc1c(N)cccc1C(N)=O)C(=O)O. The molecule has 0 aliphatic rings. The van der Waals surface area contributed by atoms with E-state index < -0.39 is 18.0 Å². The van der Waals surface area contributed by atoms with E-state index in [0.717, 1.165) is 0 Å². The third-order valence-corrected chi connectivity index (χ3v) is 2.40. The fraction of sp³-hybridized carbons (Fsp3) is 0.333. The number of ether oxygens (including phenoxy) is 1. The Morgan fingerprint density at radius 2 is 2.11 bits per heavy atom. The van der Waals surface area contributed by atoms with Gasteiger partial charge in [-0.25, -0.2) is 4.79 Å². The van der Waals surface area contributed by atoms with Crippen molar-refractivity contribution in [1.82, 2.24) is 0 Å². The number of nitrogens with two attached hydrogens (primary N) is 2. The van der Waals surface area contributed by atoms with Gasteiger partial charge in [-0.1, -0.05) is 19.4 Å². The van der Waals surface area contributed by atoms with Crippen LogP contribution in [0.3, 0.4) is 0 Å². The van der Waals surface area contributed by atoms with Gasteiger partial charge in [0.1, 0.15) is 0 Å². The molecular formula is C12H16N2O4. The molecule has 1 amide bonds. The molecule has 0 radical (unpaired) electrons. The summed E-state index contributed by atoms with van der Waals surface area (Å²) >= 11 is 0. The zero-order valence-electron chi connectivity index (χ0n) is 10.1. The number of para-hydroxylation sites is 1. The molecule has 6 heteroatoms. The molecule has 98 valence electrons. The van der Waals surface area contributed by atoms with Gasteiger partial charge in [0.2, 0.25) is 0 Å². The second kappa shape index (κ2) is 5.90. The molecule has 0 aliphatic heterocycles. The van der Waals surface area contributed by atoms with Gasteiger partial charge in [-0.05, 0) is 18.6 Å². The molecule has 0 aliphatic carbocycles. The van der Waals surface area contributed by atoms with Gasteiger partial charge >= 0.3 is 5.97 Å². The lowest BCUT2D eigenvalue weighted by Crippen LogP contribution is -2.28. The molecule has 0 bridgehead atoms. The zero-order chi connectivity index (χ0) is 13.7. The number of carbonyl (C=O) groups excluding carboxylic acids is 1. The average Bonchev–Trinajstić information content (AvgIpc) is 2.30. The van der Waals surface area contributed by atoms with Crippen LogP contribution in [0.15, 0.2) is 18.2 Å². The number of hydrogen-bond donors (Lipinski definition) is 3. The lowest BCUT2D eigenvalue weighted by molar-refractivity contribution is -0.145. The van der Waals surface area contributed by atoms with Crippen LogP contribution in [0.5, 0.6) is 5.75 Å². The summed E-state index contributed by atoms with van der Waals surface area (Å²) < 4.78 is 5.31. The standard InChI is InChI=1S/C12H16N2O4/c1-2-4-9(12(16)17)18-10-7(11(14)15)5-3-6-8(10)13/h3,5-6,9H,2,4,13H2,1H3,(H2,14,15)(H,16,17). The van der Waals surface area contributed by atoms with Gasteiger partial charge < -0.3 is 21.3 Å². The highest BCUT2D eigenvalue weighted by molar-refractivity contribution is 5.97. The van der Waals surface area contributed by atoms with Gasteiger partial charge in [-0.3, -0.25) is 4.79 Å². The molecule has 0 heterocycles. The Morgan fingerprint density at radius 3 is 2.61 bits per heavy atom. The van der Waals surface area contributed by atoms with Crippen LogP contribution in [-0.2, 0) is 4.79 Å². The predicted octanol–water partition coefficient (Wildman–Crippen LogP) is 1.000. The van der Waals surface area contributed by atoms with E-state index in [-0.39, 0.29) is 17.0 Å². The van der Waals surface area contributed by atoms with Crippen molar-refractivity contribution in [1.29, 1.82) is 0 Å². The molecule has 6 nitrogen and oxygen atoms in total. The van der Waals surface area contributed by atoms with Crippen molar-refractivity contribution in [2.75, 3.05) is 5.73 Å². The van der Waals surface area contributed by atoms with E-state index in [4.69, 9.17) is 21.3 Å². The maximum atomic E-state index is 11.2. The van der Waals surface area contributed by atoms with Gasteiger partial charge in [0.15, 0.2) is 11.9 Å². The average molecular weight is 252 g/mol. The molecule has 1 aromatic rings. The largest absolute Gasteiger partial charge is 0.479 e. The zero-order valence-corrected chi connectivity index (χ0v) is 10.1. The molecule has 1 atom stereocenters. The quantitative estimate of drug-likeness (QED) is 0.653. The summed E-state index contributed by atoms with van der Waals surface area (Å²) in [4.78, 5) is 22.2. The summed E-state index contributed by atoms with van der Waals surface area (Å²) in [6.45, 7) is 1.84. The fourth-order valence-electron chi connectivity index (χ4n) is 1.52. The van der Waals surface area contributed by atoms with E-state index in [2.05, 4.69) is 0 Å². The number of anilines is 1. The van der Waals surface area contributed by atoms with Gasteiger partial charge in [0.25, 0.3) is 5.91 Å². The molecule has 1 aromatic carbocycles. The van der Waals surface area contributed by atoms with Crippen LogP contribution in [-0.4, -0.2) is 23.1 Å². The Balaban J connectivity index is 3.08. The maximum absolute atomic E-state index is 11.2. The first-order valence-electron chi connectivity index (χ1n) is 5.55. The maximum Gasteiger partial charge on any atom is 0.344 e. The molecule has 0 fully saturated rings. The van der Waals surface area contributed by atoms with Crippen LogP contribution in [0.1, 0.15) is 30.1 Å².